The summed E-state index contributed by atoms with van der Waals surface area (Å²) in [6.07, 6.45) is 4.38. The summed E-state index contributed by atoms with van der Waals surface area (Å²) in [6, 6.07) is 11.2. The largest absolute Gasteiger partial charge is 0.446 e. The van der Waals surface area contributed by atoms with Crippen LogP contribution in [0.3, 0.4) is 0 Å². The van der Waals surface area contributed by atoms with Crippen LogP contribution in [0.1, 0.15) is 24.2 Å². The zero-order valence-corrected chi connectivity index (χ0v) is 9.74. The first-order valence-corrected chi connectivity index (χ1v) is 5.86. The zero-order chi connectivity index (χ0) is 12.4. The van der Waals surface area contributed by atoms with Crippen molar-refractivity contribution in [2.24, 2.45) is 0 Å². The number of aromatic nitrogens is 2. The summed E-state index contributed by atoms with van der Waals surface area (Å²) in [5.41, 5.74) is 0.642. The van der Waals surface area contributed by atoms with Gasteiger partial charge < -0.3 is 4.74 Å². The highest BCUT2D eigenvalue weighted by Gasteiger charge is 2.45. The highest BCUT2D eigenvalue weighted by molar-refractivity contribution is 5.73. The lowest BCUT2D eigenvalue weighted by atomic mass is 9.91. The second kappa shape index (κ2) is 4.22. The second-order valence-corrected chi connectivity index (χ2v) is 4.23. The molecule has 4 nitrogen and oxygen atoms in total. The maximum atomic E-state index is 11.5. The molecular weight excluding hydrogens is 228 g/mol. The third kappa shape index (κ3) is 1.66. The SMILES string of the molecule is O=C1CCC(c2ccccn2)(c2ccccn2)O1. The fourth-order valence-electron chi connectivity index (χ4n) is 2.27. The minimum absolute atomic E-state index is 0.202. The number of carbonyl (C=O) groups excluding carboxylic acids is 1. The molecule has 0 bridgehead atoms. The van der Waals surface area contributed by atoms with Gasteiger partial charge in [-0.05, 0) is 24.3 Å². The van der Waals surface area contributed by atoms with E-state index in [0.717, 1.165) is 11.4 Å². The van der Waals surface area contributed by atoms with Gasteiger partial charge in [-0.25, -0.2) is 0 Å². The van der Waals surface area contributed by atoms with Crippen molar-refractivity contribution in [1.82, 2.24) is 9.97 Å². The standard InChI is InChI=1S/C14H12N2O2/c17-13-7-8-14(18-13,11-5-1-3-9-15-11)12-6-2-4-10-16-12/h1-6,9-10H,7-8H2. The third-order valence-electron chi connectivity index (χ3n) is 3.13. The molecule has 2 aromatic heterocycles. The summed E-state index contributed by atoms with van der Waals surface area (Å²) < 4.78 is 5.56. The molecule has 3 rings (SSSR count). The van der Waals surface area contributed by atoms with Crippen LogP contribution >= 0.6 is 0 Å². The van der Waals surface area contributed by atoms with Crippen LogP contribution in [0.25, 0.3) is 0 Å². The van der Waals surface area contributed by atoms with Gasteiger partial charge in [-0.15, -0.1) is 0 Å². The summed E-state index contributed by atoms with van der Waals surface area (Å²) in [7, 11) is 0. The lowest BCUT2D eigenvalue weighted by Gasteiger charge is -2.26. The number of carbonyl (C=O) groups is 1. The minimum Gasteiger partial charge on any atom is -0.446 e. The van der Waals surface area contributed by atoms with Gasteiger partial charge in [0.15, 0.2) is 5.60 Å². The molecule has 1 saturated heterocycles. The van der Waals surface area contributed by atoms with Crippen LogP contribution in [-0.4, -0.2) is 15.9 Å². The monoisotopic (exact) mass is 240 g/mol. The number of ether oxygens (including phenoxy) is 1. The van der Waals surface area contributed by atoms with Crippen molar-refractivity contribution in [3.05, 3.63) is 60.2 Å². The molecule has 1 aliphatic heterocycles. The average Bonchev–Trinajstić information content (AvgIpc) is 2.84. The van der Waals surface area contributed by atoms with Gasteiger partial charge in [0.1, 0.15) is 0 Å². The quantitative estimate of drug-likeness (QED) is 0.754. The van der Waals surface area contributed by atoms with Crippen molar-refractivity contribution in [3.8, 4) is 0 Å². The van der Waals surface area contributed by atoms with Gasteiger partial charge in [-0.1, -0.05) is 12.1 Å². The molecule has 4 heteroatoms. The van der Waals surface area contributed by atoms with E-state index < -0.39 is 5.60 Å². The van der Waals surface area contributed by atoms with Crippen molar-refractivity contribution >= 4 is 5.97 Å². The lowest BCUT2D eigenvalue weighted by molar-refractivity contribution is -0.146. The van der Waals surface area contributed by atoms with Crippen molar-refractivity contribution < 1.29 is 9.53 Å². The van der Waals surface area contributed by atoms with E-state index in [1.165, 1.54) is 0 Å². The summed E-state index contributed by atoms with van der Waals surface area (Å²) in [4.78, 5) is 20.2. The number of nitrogens with zero attached hydrogens (tertiary/aromatic N) is 2. The van der Waals surface area contributed by atoms with Crippen LogP contribution in [0.5, 0.6) is 0 Å². The van der Waals surface area contributed by atoms with Crippen LogP contribution in [0.2, 0.25) is 0 Å². The summed E-state index contributed by atoms with van der Waals surface area (Å²) >= 11 is 0. The number of pyridine rings is 2. The molecule has 90 valence electrons. The van der Waals surface area contributed by atoms with E-state index in [1.807, 2.05) is 36.4 Å². The Morgan fingerprint density at radius 2 is 1.61 bits per heavy atom. The van der Waals surface area contributed by atoms with Gasteiger partial charge in [-0.2, -0.15) is 0 Å². The molecule has 0 N–H and O–H groups in total. The van der Waals surface area contributed by atoms with E-state index in [1.54, 1.807) is 12.4 Å². The van der Waals surface area contributed by atoms with Crippen molar-refractivity contribution in [3.63, 3.8) is 0 Å². The molecule has 2 aromatic rings. The highest BCUT2D eigenvalue weighted by Crippen LogP contribution is 2.40. The zero-order valence-electron chi connectivity index (χ0n) is 9.74. The topological polar surface area (TPSA) is 52.1 Å². The van der Waals surface area contributed by atoms with E-state index in [4.69, 9.17) is 4.74 Å². The number of rotatable bonds is 2. The van der Waals surface area contributed by atoms with Crippen LogP contribution in [-0.2, 0) is 15.1 Å². The average molecular weight is 240 g/mol. The number of cyclic esters (lactones) is 1. The van der Waals surface area contributed by atoms with E-state index in [0.29, 0.717) is 12.8 Å². The summed E-state index contributed by atoms with van der Waals surface area (Å²) in [5, 5.41) is 0. The normalized spacial score (nSPS) is 17.4. The van der Waals surface area contributed by atoms with Gasteiger partial charge in [0.05, 0.1) is 17.8 Å². The Balaban J connectivity index is 2.14. The fraction of sp³-hybridized carbons (Fsp3) is 0.214. The van der Waals surface area contributed by atoms with E-state index in [2.05, 4.69) is 9.97 Å². The van der Waals surface area contributed by atoms with Crippen LogP contribution in [0.4, 0.5) is 0 Å². The Labute approximate surface area is 105 Å². The van der Waals surface area contributed by atoms with Gasteiger partial charge in [0, 0.05) is 18.8 Å². The maximum absolute atomic E-state index is 11.5. The molecule has 0 radical (unpaired) electrons. The molecule has 0 saturated carbocycles. The first-order valence-electron chi connectivity index (χ1n) is 5.86. The maximum Gasteiger partial charge on any atom is 0.307 e. The molecule has 0 aromatic carbocycles. The Hall–Kier alpha value is -2.23. The molecular formula is C14H12N2O2. The summed E-state index contributed by atoms with van der Waals surface area (Å²) in [5.74, 6) is -0.202. The Morgan fingerprint density at radius 3 is 2.00 bits per heavy atom. The predicted molar refractivity (Wildman–Crippen MR) is 64.6 cm³/mol. The first kappa shape index (κ1) is 10.9. The van der Waals surface area contributed by atoms with Crippen LogP contribution in [0.15, 0.2) is 48.8 Å². The molecule has 1 aliphatic rings. The van der Waals surface area contributed by atoms with Gasteiger partial charge in [0.25, 0.3) is 0 Å². The molecule has 18 heavy (non-hydrogen) atoms. The molecule has 1 fully saturated rings. The third-order valence-corrected chi connectivity index (χ3v) is 3.13. The molecule has 0 aliphatic carbocycles. The number of esters is 1. The number of hydrogen-bond donors (Lipinski definition) is 0. The second-order valence-electron chi connectivity index (χ2n) is 4.23. The van der Waals surface area contributed by atoms with Crippen LogP contribution in [0, 0.1) is 0 Å². The molecule has 0 amide bonds. The van der Waals surface area contributed by atoms with Gasteiger partial charge >= 0.3 is 5.97 Å². The molecule has 0 unspecified atom stereocenters. The van der Waals surface area contributed by atoms with Crippen LogP contribution < -0.4 is 0 Å². The number of hydrogen-bond acceptors (Lipinski definition) is 4. The molecule has 0 spiro atoms. The predicted octanol–water partition coefficient (Wildman–Crippen LogP) is 2.06. The van der Waals surface area contributed by atoms with Crippen molar-refractivity contribution in [2.45, 2.75) is 18.4 Å². The highest BCUT2D eigenvalue weighted by atomic mass is 16.6. The van der Waals surface area contributed by atoms with E-state index in [9.17, 15) is 4.79 Å². The van der Waals surface area contributed by atoms with Gasteiger partial charge in [-0.3, -0.25) is 14.8 Å². The Morgan fingerprint density at radius 1 is 1.00 bits per heavy atom. The van der Waals surface area contributed by atoms with E-state index >= 15 is 0 Å². The Kier molecular flexibility index (Phi) is 2.55. The summed E-state index contributed by atoms with van der Waals surface area (Å²) in [6.45, 7) is 0. The molecule has 0 atom stereocenters. The first-order chi connectivity index (χ1) is 8.81. The molecule has 3 heterocycles. The smallest absolute Gasteiger partial charge is 0.307 e. The Bertz CT molecular complexity index is 515. The van der Waals surface area contributed by atoms with Crippen molar-refractivity contribution in [1.29, 1.82) is 0 Å². The lowest BCUT2D eigenvalue weighted by Crippen LogP contribution is -2.29. The van der Waals surface area contributed by atoms with E-state index in [-0.39, 0.29) is 5.97 Å². The minimum atomic E-state index is -0.820. The van der Waals surface area contributed by atoms with Crippen molar-refractivity contribution in [2.75, 3.05) is 0 Å². The van der Waals surface area contributed by atoms with Gasteiger partial charge in [0.2, 0.25) is 0 Å². The fourth-order valence-corrected chi connectivity index (χ4v) is 2.27.